The molecule has 0 aliphatic rings. The van der Waals surface area contributed by atoms with Gasteiger partial charge in [0.2, 0.25) is 0 Å². The molecule has 0 spiro atoms. The zero-order valence-electron chi connectivity index (χ0n) is 9.16. The number of para-hydroxylation sites is 2. The van der Waals surface area contributed by atoms with Gasteiger partial charge in [-0.3, -0.25) is 4.79 Å². The van der Waals surface area contributed by atoms with E-state index in [9.17, 15) is 9.59 Å². The van der Waals surface area contributed by atoms with Crippen LogP contribution in [0.2, 0.25) is 0 Å². The zero-order valence-corrected chi connectivity index (χ0v) is 9.16. The van der Waals surface area contributed by atoms with Gasteiger partial charge in [-0.15, -0.1) is 0 Å². The zero-order chi connectivity index (χ0) is 13.1. The van der Waals surface area contributed by atoms with Gasteiger partial charge < -0.3 is 19.9 Å². The number of oxazole rings is 1. The number of carboxylic acid groups (broad SMARTS) is 2. The molecule has 1 heterocycles. The topological polar surface area (TPSA) is 113 Å². The molecule has 0 unspecified atom stereocenters. The molecular weight excluding hydrogens is 240 g/mol. The molecule has 7 nitrogen and oxygen atoms in total. The summed E-state index contributed by atoms with van der Waals surface area (Å²) in [5.74, 6) is -2.49. The second-order valence-electron chi connectivity index (χ2n) is 3.62. The Balaban J connectivity index is 2.20. The molecule has 0 bridgehead atoms. The lowest BCUT2D eigenvalue weighted by Gasteiger charge is -2.09. The van der Waals surface area contributed by atoms with E-state index in [4.69, 9.17) is 14.6 Å². The molecule has 7 heteroatoms. The van der Waals surface area contributed by atoms with Crippen LogP contribution >= 0.6 is 0 Å². The maximum absolute atomic E-state index is 10.9. The van der Waals surface area contributed by atoms with Crippen LogP contribution in [0.1, 0.15) is 6.42 Å². The molecule has 0 aliphatic heterocycles. The summed E-state index contributed by atoms with van der Waals surface area (Å²) in [5, 5.41) is 19.9. The minimum absolute atomic E-state index is 0.00940. The summed E-state index contributed by atoms with van der Waals surface area (Å²) in [6.07, 6.45) is -0.561. The highest BCUT2D eigenvalue weighted by molar-refractivity contribution is 5.83. The number of hydrogen-bond acceptors (Lipinski definition) is 5. The minimum atomic E-state index is -1.28. The molecule has 1 aromatic carbocycles. The van der Waals surface area contributed by atoms with Crippen molar-refractivity contribution in [2.45, 2.75) is 12.5 Å². The molecule has 3 N–H and O–H groups in total. The Labute approximate surface area is 101 Å². The first kappa shape index (κ1) is 11.9. The van der Waals surface area contributed by atoms with E-state index in [-0.39, 0.29) is 6.01 Å². The summed E-state index contributed by atoms with van der Waals surface area (Å²) in [6, 6.07) is 5.61. The van der Waals surface area contributed by atoms with Crippen molar-refractivity contribution in [3.63, 3.8) is 0 Å². The summed E-state index contributed by atoms with van der Waals surface area (Å²) < 4.78 is 5.25. The van der Waals surface area contributed by atoms with Gasteiger partial charge in [0.1, 0.15) is 11.6 Å². The molecule has 1 atom stereocenters. The Hall–Kier alpha value is -2.57. The van der Waals surface area contributed by atoms with Gasteiger partial charge in [-0.1, -0.05) is 12.1 Å². The first-order valence-electron chi connectivity index (χ1n) is 5.13. The summed E-state index contributed by atoms with van der Waals surface area (Å²) in [6.45, 7) is 0. The predicted octanol–water partition coefficient (Wildman–Crippen LogP) is 1.17. The lowest BCUT2D eigenvalue weighted by Crippen LogP contribution is -2.31. The summed E-state index contributed by atoms with van der Waals surface area (Å²) in [4.78, 5) is 25.4. The van der Waals surface area contributed by atoms with Crippen LogP contribution in [0.5, 0.6) is 0 Å². The van der Waals surface area contributed by atoms with Crippen LogP contribution in [0, 0.1) is 0 Å². The molecule has 94 valence electrons. The SMILES string of the molecule is O=C(O)C[C@@H](Nc1nc2ccccc2o1)C(=O)O. The Morgan fingerprint density at radius 1 is 1.33 bits per heavy atom. The molecule has 0 fully saturated rings. The maximum Gasteiger partial charge on any atom is 0.326 e. The standard InChI is InChI=1S/C11H10N2O5/c14-9(15)5-7(10(16)17)13-11-12-6-3-1-2-4-8(6)18-11/h1-4,7H,5H2,(H,12,13)(H,14,15)(H,16,17)/t7-/m1/s1. The number of aromatic nitrogens is 1. The molecule has 0 amide bonds. The first-order valence-corrected chi connectivity index (χ1v) is 5.13. The molecule has 0 radical (unpaired) electrons. The number of carboxylic acids is 2. The van der Waals surface area contributed by atoms with Gasteiger partial charge in [-0.2, -0.15) is 4.98 Å². The number of anilines is 1. The Morgan fingerprint density at radius 3 is 2.67 bits per heavy atom. The third kappa shape index (κ3) is 2.57. The lowest BCUT2D eigenvalue weighted by molar-refractivity contribution is -0.144. The molecule has 2 rings (SSSR count). The van der Waals surface area contributed by atoms with Crippen molar-refractivity contribution in [2.24, 2.45) is 0 Å². The van der Waals surface area contributed by atoms with Gasteiger partial charge in [-0.25, -0.2) is 4.79 Å². The normalized spacial score (nSPS) is 12.2. The highest BCUT2D eigenvalue weighted by atomic mass is 16.4. The van der Waals surface area contributed by atoms with E-state index < -0.39 is 24.4 Å². The Morgan fingerprint density at radius 2 is 2.06 bits per heavy atom. The average molecular weight is 250 g/mol. The van der Waals surface area contributed by atoms with E-state index in [2.05, 4.69) is 10.3 Å². The number of carbonyl (C=O) groups is 2. The smallest absolute Gasteiger partial charge is 0.326 e. The molecule has 18 heavy (non-hydrogen) atoms. The second kappa shape index (κ2) is 4.74. The van der Waals surface area contributed by atoms with Crippen molar-refractivity contribution >= 4 is 29.1 Å². The average Bonchev–Trinajstić information content (AvgIpc) is 2.69. The second-order valence-corrected chi connectivity index (χ2v) is 3.62. The van der Waals surface area contributed by atoms with Gasteiger partial charge in [0.05, 0.1) is 6.42 Å². The first-order chi connectivity index (χ1) is 8.56. The number of aliphatic carboxylic acids is 2. The molecule has 0 saturated carbocycles. The van der Waals surface area contributed by atoms with Crippen LogP contribution < -0.4 is 5.32 Å². The summed E-state index contributed by atoms with van der Waals surface area (Å²) >= 11 is 0. The molecule has 1 aromatic heterocycles. The van der Waals surface area contributed by atoms with Gasteiger partial charge in [0.25, 0.3) is 6.01 Å². The highest BCUT2D eigenvalue weighted by Crippen LogP contribution is 2.19. The predicted molar refractivity (Wildman–Crippen MR) is 61.3 cm³/mol. The van der Waals surface area contributed by atoms with E-state index in [1.165, 1.54) is 0 Å². The minimum Gasteiger partial charge on any atom is -0.481 e. The van der Waals surface area contributed by atoms with Gasteiger partial charge >= 0.3 is 11.9 Å². The van der Waals surface area contributed by atoms with E-state index in [0.717, 1.165) is 0 Å². The van der Waals surface area contributed by atoms with Crippen LogP contribution in [-0.4, -0.2) is 33.2 Å². The number of nitrogens with zero attached hydrogens (tertiary/aromatic N) is 1. The fourth-order valence-corrected chi connectivity index (χ4v) is 1.46. The molecule has 2 aromatic rings. The van der Waals surface area contributed by atoms with Crippen molar-refractivity contribution in [1.82, 2.24) is 4.98 Å². The monoisotopic (exact) mass is 250 g/mol. The molecular formula is C11H10N2O5. The van der Waals surface area contributed by atoms with E-state index >= 15 is 0 Å². The third-order valence-electron chi connectivity index (χ3n) is 2.27. The number of hydrogen-bond donors (Lipinski definition) is 3. The number of nitrogens with one attached hydrogen (secondary N) is 1. The largest absolute Gasteiger partial charge is 0.481 e. The maximum atomic E-state index is 10.9. The Kier molecular flexibility index (Phi) is 3.13. The number of benzene rings is 1. The van der Waals surface area contributed by atoms with Crippen LogP contribution in [0.25, 0.3) is 11.1 Å². The highest BCUT2D eigenvalue weighted by Gasteiger charge is 2.22. The summed E-state index contributed by atoms with van der Waals surface area (Å²) in [5.41, 5.74) is 1.07. The molecule has 0 saturated heterocycles. The van der Waals surface area contributed by atoms with E-state index in [0.29, 0.717) is 11.1 Å². The van der Waals surface area contributed by atoms with Gasteiger partial charge in [0, 0.05) is 0 Å². The molecule has 0 aliphatic carbocycles. The van der Waals surface area contributed by atoms with Crippen LogP contribution in [-0.2, 0) is 9.59 Å². The van der Waals surface area contributed by atoms with Gasteiger partial charge in [-0.05, 0) is 12.1 Å². The summed E-state index contributed by atoms with van der Waals surface area (Å²) in [7, 11) is 0. The van der Waals surface area contributed by atoms with E-state index in [1.54, 1.807) is 24.3 Å². The van der Waals surface area contributed by atoms with Crippen molar-refractivity contribution in [1.29, 1.82) is 0 Å². The lowest BCUT2D eigenvalue weighted by atomic mass is 10.2. The van der Waals surface area contributed by atoms with Crippen molar-refractivity contribution < 1.29 is 24.2 Å². The van der Waals surface area contributed by atoms with Crippen LogP contribution in [0.3, 0.4) is 0 Å². The van der Waals surface area contributed by atoms with Crippen molar-refractivity contribution in [2.75, 3.05) is 5.32 Å². The number of rotatable bonds is 5. The van der Waals surface area contributed by atoms with Crippen molar-refractivity contribution in [3.8, 4) is 0 Å². The van der Waals surface area contributed by atoms with Crippen LogP contribution in [0.15, 0.2) is 28.7 Å². The van der Waals surface area contributed by atoms with Crippen LogP contribution in [0.4, 0.5) is 6.01 Å². The van der Waals surface area contributed by atoms with Gasteiger partial charge in [0.15, 0.2) is 5.58 Å². The quantitative estimate of drug-likeness (QED) is 0.729. The fourth-order valence-electron chi connectivity index (χ4n) is 1.46. The number of fused-ring (bicyclic) bond motifs is 1. The Bertz CT molecular complexity index is 559. The van der Waals surface area contributed by atoms with E-state index in [1.807, 2.05) is 0 Å². The third-order valence-corrected chi connectivity index (χ3v) is 2.27. The fraction of sp³-hybridized carbons (Fsp3) is 0.182. The van der Waals surface area contributed by atoms with Crippen molar-refractivity contribution in [3.05, 3.63) is 24.3 Å².